The van der Waals surface area contributed by atoms with Crippen LogP contribution in [0.1, 0.15) is 20.8 Å². The fourth-order valence-corrected chi connectivity index (χ4v) is 2.24. The predicted octanol–water partition coefficient (Wildman–Crippen LogP) is 2.50. The molecule has 0 amide bonds. The topological polar surface area (TPSA) is 78.8 Å². The minimum Gasteiger partial charge on any atom is -0.398 e. The smallest absolute Gasteiger partial charge is 0.182 e. The van der Waals surface area contributed by atoms with Gasteiger partial charge in [-0.15, -0.1) is 5.10 Å². The van der Waals surface area contributed by atoms with E-state index in [9.17, 15) is 0 Å². The highest BCUT2D eigenvalue weighted by atomic mass is 79.9. The lowest BCUT2D eigenvalue weighted by Crippen LogP contribution is -2.31. The van der Waals surface area contributed by atoms with Gasteiger partial charge in [0.05, 0.1) is 12.1 Å². The summed E-state index contributed by atoms with van der Waals surface area (Å²) in [5.41, 5.74) is 7.10. The zero-order valence-corrected chi connectivity index (χ0v) is 13.4. The number of aromatic nitrogens is 4. The van der Waals surface area contributed by atoms with Crippen LogP contribution in [0.5, 0.6) is 0 Å². The van der Waals surface area contributed by atoms with Crippen molar-refractivity contribution in [2.45, 2.75) is 32.9 Å². The molecule has 6 nitrogen and oxygen atoms in total. The molecule has 2 aromatic rings. The summed E-state index contributed by atoms with van der Waals surface area (Å²) in [6.45, 7) is 7.21. The summed E-state index contributed by atoms with van der Waals surface area (Å²) in [5.74, 6) is 0.678. The third-order valence-electron chi connectivity index (χ3n) is 2.85. The van der Waals surface area contributed by atoms with Crippen LogP contribution in [0.15, 0.2) is 22.7 Å². The summed E-state index contributed by atoms with van der Waals surface area (Å²) in [6, 6.07) is 5.66. The summed E-state index contributed by atoms with van der Waals surface area (Å²) in [4.78, 5) is 0. The third kappa shape index (κ3) is 3.34. The number of anilines is 1. The Morgan fingerprint density at radius 3 is 2.80 bits per heavy atom. The molecule has 2 N–H and O–H groups in total. The van der Waals surface area contributed by atoms with Gasteiger partial charge in [-0.1, -0.05) is 0 Å². The number of ether oxygens (including phenoxy) is 1. The van der Waals surface area contributed by atoms with Gasteiger partial charge in [0.2, 0.25) is 0 Å². The Kier molecular flexibility index (Phi) is 4.39. The fourth-order valence-electron chi connectivity index (χ4n) is 2.00. The van der Waals surface area contributed by atoms with Crippen molar-refractivity contribution in [1.29, 1.82) is 0 Å². The predicted molar refractivity (Wildman–Crippen MR) is 81.1 cm³/mol. The van der Waals surface area contributed by atoms with E-state index < -0.39 is 0 Å². The molecule has 0 aliphatic carbocycles. The molecule has 0 unspecified atom stereocenters. The molecule has 0 saturated carbocycles. The molecule has 0 radical (unpaired) electrons. The molecule has 1 heterocycles. The van der Waals surface area contributed by atoms with Crippen LogP contribution in [0.3, 0.4) is 0 Å². The number of benzene rings is 1. The molecule has 1 aromatic heterocycles. The van der Waals surface area contributed by atoms with E-state index in [0.29, 0.717) is 24.7 Å². The zero-order valence-electron chi connectivity index (χ0n) is 11.8. The van der Waals surface area contributed by atoms with Crippen LogP contribution in [-0.4, -0.2) is 32.4 Å². The molecule has 0 spiro atoms. The lowest BCUT2D eigenvalue weighted by molar-refractivity contribution is -0.0246. The van der Waals surface area contributed by atoms with Gasteiger partial charge in [0.1, 0.15) is 0 Å². The standard InChI is InChI=1S/C13H18BrN5O/c1-4-20-13(2,3)8-19-12(16-17-18-19)9-5-6-10(14)11(15)7-9/h5-7H,4,8,15H2,1-3H3. The van der Waals surface area contributed by atoms with Gasteiger partial charge in [0.15, 0.2) is 5.82 Å². The van der Waals surface area contributed by atoms with Crippen LogP contribution in [0.4, 0.5) is 5.69 Å². The van der Waals surface area contributed by atoms with E-state index in [4.69, 9.17) is 10.5 Å². The van der Waals surface area contributed by atoms with Crippen molar-refractivity contribution in [3.05, 3.63) is 22.7 Å². The lowest BCUT2D eigenvalue weighted by Gasteiger charge is -2.24. The second kappa shape index (κ2) is 5.88. The van der Waals surface area contributed by atoms with E-state index in [1.807, 2.05) is 39.0 Å². The SMILES string of the molecule is CCOC(C)(C)Cn1nnnc1-c1ccc(Br)c(N)c1. The molecule has 20 heavy (non-hydrogen) atoms. The maximum absolute atomic E-state index is 5.90. The minimum atomic E-state index is -0.334. The largest absolute Gasteiger partial charge is 0.398 e. The molecule has 1 aromatic carbocycles. The van der Waals surface area contributed by atoms with Crippen molar-refractivity contribution in [2.24, 2.45) is 0 Å². The van der Waals surface area contributed by atoms with E-state index in [2.05, 4.69) is 31.5 Å². The highest BCUT2D eigenvalue weighted by molar-refractivity contribution is 9.10. The maximum atomic E-state index is 5.90. The Morgan fingerprint density at radius 2 is 2.15 bits per heavy atom. The van der Waals surface area contributed by atoms with E-state index in [1.165, 1.54) is 0 Å². The summed E-state index contributed by atoms with van der Waals surface area (Å²) >= 11 is 3.38. The van der Waals surface area contributed by atoms with E-state index in [0.717, 1.165) is 10.0 Å². The molecule has 7 heteroatoms. The Hall–Kier alpha value is -1.47. The van der Waals surface area contributed by atoms with Crippen molar-refractivity contribution in [3.63, 3.8) is 0 Å². The zero-order chi connectivity index (χ0) is 14.8. The highest BCUT2D eigenvalue weighted by Crippen LogP contribution is 2.26. The quantitative estimate of drug-likeness (QED) is 0.846. The molecule has 0 aliphatic rings. The molecule has 2 rings (SSSR count). The minimum absolute atomic E-state index is 0.334. The summed E-state index contributed by atoms with van der Waals surface area (Å²) in [5, 5.41) is 11.9. The van der Waals surface area contributed by atoms with Gasteiger partial charge < -0.3 is 10.5 Å². The van der Waals surface area contributed by atoms with E-state index in [1.54, 1.807) is 4.68 Å². The van der Waals surface area contributed by atoms with Crippen molar-refractivity contribution < 1.29 is 4.74 Å². The van der Waals surface area contributed by atoms with Gasteiger partial charge in [-0.25, -0.2) is 4.68 Å². The molecular formula is C13H18BrN5O. The number of hydrogen-bond donors (Lipinski definition) is 1. The van der Waals surface area contributed by atoms with E-state index >= 15 is 0 Å². The molecule has 0 fully saturated rings. The molecule has 0 bridgehead atoms. The number of hydrogen-bond acceptors (Lipinski definition) is 5. The number of rotatable bonds is 5. The average Bonchev–Trinajstić information content (AvgIpc) is 2.80. The Balaban J connectivity index is 2.30. The molecule has 0 atom stereocenters. The number of nitrogens with two attached hydrogens (primary N) is 1. The first-order valence-electron chi connectivity index (χ1n) is 6.38. The number of halogens is 1. The van der Waals surface area contributed by atoms with Gasteiger partial charge in [-0.2, -0.15) is 0 Å². The monoisotopic (exact) mass is 339 g/mol. The second-order valence-electron chi connectivity index (χ2n) is 5.09. The highest BCUT2D eigenvalue weighted by Gasteiger charge is 2.22. The van der Waals surface area contributed by atoms with Gasteiger partial charge in [0.25, 0.3) is 0 Å². The summed E-state index contributed by atoms with van der Waals surface area (Å²) < 4.78 is 8.28. The summed E-state index contributed by atoms with van der Waals surface area (Å²) in [6.07, 6.45) is 0. The molecule has 108 valence electrons. The number of nitrogen functional groups attached to an aromatic ring is 1. The average molecular weight is 340 g/mol. The fraction of sp³-hybridized carbons (Fsp3) is 0.462. The number of tetrazole rings is 1. The van der Waals surface area contributed by atoms with Crippen molar-refractivity contribution in [3.8, 4) is 11.4 Å². The van der Waals surface area contributed by atoms with Crippen LogP contribution >= 0.6 is 15.9 Å². The van der Waals surface area contributed by atoms with Gasteiger partial charge in [-0.3, -0.25) is 0 Å². The van der Waals surface area contributed by atoms with Gasteiger partial charge in [0, 0.05) is 22.3 Å². The van der Waals surface area contributed by atoms with Crippen molar-refractivity contribution >= 4 is 21.6 Å². The first-order valence-corrected chi connectivity index (χ1v) is 7.18. The molecule has 0 aliphatic heterocycles. The third-order valence-corrected chi connectivity index (χ3v) is 3.57. The Labute approximate surface area is 126 Å². The van der Waals surface area contributed by atoms with E-state index in [-0.39, 0.29) is 5.60 Å². The second-order valence-corrected chi connectivity index (χ2v) is 5.94. The maximum Gasteiger partial charge on any atom is 0.182 e. The first-order chi connectivity index (χ1) is 9.43. The first kappa shape index (κ1) is 14.9. The van der Waals surface area contributed by atoms with Crippen LogP contribution < -0.4 is 5.73 Å². The normalized spacial score (nSPS) is 11.8. The van der Waals surface area contributed by atoms with Gasteiger partial charge in [-0.05, 0) is 65.3 Å². The molecular weight excluding hydrogens is 322 g/mol. The van der Waals surface area contributed by atoms with Crippen molar-refractivity contribution in [1.82, 2.24) is 20.2 Å². The van der Waals surface area contributed by atoms with Crippen molar-refractivity contribution in [2.75, 3.05) is 12.3 Å². The van der Waals surface area contributed by atoms with Crippen LogP contribution in [-0.2, 0) is 11.3 Å². The van der Waals surface area contributed by atoms with Crippen LogP contribution in [0.2, 0.25) is 0 Å². The van der Waals surface area contributed by atoms with Crippen LogP contribution in [0.25, 0.3) is 11.4 Å². The lowest BCUT2D eigenvalue weighted by atomic mass is 10.1. The summed E-state index contributed by atoms with van der Waals surface area (Å²) in [7, 11) is 0. The number of nitrogens with zero attached hydrogens (tertiary/aromatic N) is 4. The Morgan fingerprint density at radius 1 is 1.40 bits per heavy atom. The molecule has 0 saturated heterocycles. The van der Waals surface area contributed by atoms with Crippen LogP contribution in [0, 0.1) is 0 Å². The van der Waals surface area contributed by atoms with Gasteiger partial charge >= 0.3 is 0 Å². The Bertz CT molecular complexity index is 596.